The molecule has 1 aromatic heterocycles. The highest BCUT2D eigenvalue weighted by Gasteiger charge is 2.15. The fourth-order valence-corrected chi connectivity index (χ4v) is 3.14. The van der Waals surface area contributed by atoms with Gasteiger partial charge in [-0.1, -0.05) is 12.1 Å². The number of methoxy groups -OCH3 is 1. The molecule has 0 N–H and O–H groups in total. The Morgan fingerprint density at radius 3 is 2.76 bits per heavy atom. The van der Waals surface area contributed by atoms with Crippen molar-refractivity contribution in [1.29, 1.82) is 0 Å². The Labute approximate surface area is 142 Å². The molecule has 0 atom stereocenters. The highest BCUT2D eigenvalue weighted by atomic mass is 127. The number of hydrogen-bond acceptors (Lipinski definition) is 2. The van der Waals surface area contributed by atoms with Crippen LogP contribution in [-0.4, -0.2) is 22.5 Å². The van der Waals surface area contributed by atoms with Crippen molar-refractivity contribution >= 4 is 45.2 Å². The van der Waals surface area contributed by atoms with E-state index in [0.29, 0.717) is 12.3 Å². The third-order valence-electron chi connectivity index (χ3n) is 3.32. The topological polar surface area (TPSA) is 27.1 Å². The first kappa shape index (κ1) is 14.7. The summed E-state index contributed by atoms with van der Waals surface area (Å²) >= 11 is 8.26. The van der Waals surface area contributed by atoms with Gasteiger partial charge in [0.2, 0.25) is 0 Å². The zero-order valence-electron chi connectivity index (χ0n) is 11.5. The summed E-state index contributed by atoms with van der Waals surface area (Å²) in [6, 6.07) is 14.3. The Kier molecular flexibility index (Phi) is 4.35. The third kappa shape index (κ3) is 2.74. The SMILES string of the molecule is COc1cccc2c1nc(CCCl)n2-c1cccc(I)c1. The number of para-hydroxylation sites is 1. The van der Waals surface area contributed by atoms with Crippen molar-refractivity contribution in [3.63, 3.8) is 0 Å². The van der Waals surface area contributed by atoms with Crippen LogP contribution >= 0.6 is 34.2 Å². The predicted octanol–water partition coefficient (Wildman–Crippen LogP) is 4.42. The number of rotatable bonds is 4. The molecule has 0 amide bonds. The summed E-state index contributed by atoms with van der Waals surface area (Å²) in [4.78, 5) is 4.73. The Bertz CT molecular complexity index is 785. The first-order valence-electron chi connectivity index (χ1n) is 6.61. The average molecular weight is 413 g/mol. The van der Waals surface area contributed by atoms with Crippen molar-refractivity contribution in [2.45, 2.75) is 6.42 Å². The number of fused-ring (bicyclic) bond motifs is 1. The van der Waals surface area contributed by atoms with E-state index in [9.17, 15) is 0 Å². The second-order valence-electron chi connectivity index (χ2n) is 4.61. The van der Waals surface area contributed by atoms with Crippen molar-refractivity contribution in [3.05, 3.63) is 51.9 Å². The Balaban J connectivity index is 2.31. The first-order chi connectivity index (χ1) is 10.2. The lowest BCUT2D eigenvalue weighted by Gasteiger charge is -2.09. The molecule has 0 unspecified atom stereocenters. The average Bonchev–Trinajstić information content (AvgIpc) is 2.85. The van der Waals surface area contributed by atoms with E-state index < -0.39 is 0 Å². The minimum Gasteiger partial charge on any atom is -0.494 e. The Morgan fingerprint density at radius 1 is 1.24 bits per heavy atom. The van der Waals surface area contributed by atoms with Gasteiger partial charge in [0, 0.05) is 21.6 Å². The van der Waals surface area contributed by atoms with Crippen LogP contribution in [0.4, 0.5) is 0 Å². The highest BCUT2D eigenvalue weighted by molar-refractivity contribution is 14.1. The molecule has 0 saturated carbocycles. The predicted molar refractivity (Wildman–Crippen MR) is 94.8 cm³/mol. The van der Waals surface area contributed by atoms with Crippen LogP contribution in [0.25, 0.3) is 16.7 Å². The van der Waals surface area contributed by atoms with Gasteiger partial charge in [0.25, 0.3) is 0 Å². The normalized spacial score (nSPS) is 11.0. The van der Waals surface area contributed by atoms with Gasteiger partial charge in [-0.05, 0) is 52.9 Å². The molecule has 0 bridgehead atoms. The van der Waals surface area contributed by atoms with Gasteiger partial charge in [0.15, 0.2) is 0 Å². The van der Waals surface area contributed by atoms with Crippen LogP contribution in [0.15, 0.2) is 42.5 Å². The molecule has 5 heteroatoms. The number of halogens is 2. The van der Waals surface area contributed by atoms with E-state index in [0.717, 1.165) is 28.3 Å². The molecule has 0 spiro atoms. The maximum absolute atomic E-state index is 5.94. The summed E-state index contributed by atoms with van der Waals surface area (Å²) in [5.41, 5.74) is 3.01. The highest BCUT2D eigenvalue weighted by Crippen LogP contribution is 2.29. The van der Waals surface area contributed by atoms with Gasteiger partial charge in [0.05, 0.1) is 12.6 Å². The smallest absolute Gasteiger partial charge is 0.146 e. The first-order valence-corrected chi connectivity index (χ1v) is 8.22. The number of benzene rings is 2. The fourth-order valence-electron chi connectivity index (χ4n) is 2.44. The maximum atomic E-state index is 5.94. The quantitative estimate of drug-likeness (QED) is 0.468. The number of aromatic nitrogens is 2. The van der Waals surface area contributed by atoms with Gasteiger partial charge in [-0.2, -0.15) is 0 Å². The van der Waals surface area contributed by atoms with Crippen LogP contribution < -0.4 is 4.74 Å². The van der Waals surface area contributed by atoms with Crippen LogP contribution in [0.3, 0.4) is 0 Å². The van der Waals surface area contributed by atoms with Crippen LogP contribution in [0, 0.1) is 3.57 Å². The van der Waals surface area contributed by atoms with Crippen molar-refractivity contribution in [2.24, 2.45) is 0 Å². The molecular formula is C16H14ClIN2O. The van der Waals surface area contributed by atoms with E-state index >= 15 is 0 Å². The zero-order chi connectivity index (χ0) is 14.8. The van der Waals surface area contributed by atoms with Gasteiger partial charge in [-0.25, -0.2) is 4.98 Å². The number of ether oxygens (including phenoxy) is 1. The molecule has 0 aliphatic carbocycles. The lowest BCUT2D eigenvalue weighted by Crippen LogP contribution is -2.02. The molecule has 3 nitrogen and oxygen atoms in total. The minimum absolute atomic E-state index is 0.537. The van der Waals surface area contributed by atoms with Gasteiger partial charge in [-0.3, -0.25) is 4.57 Å². The Hall–Kier alpha value is -1.27. The van der Waals surface area contributed by atoms with E-state index in [2.05, 4.69) is 51.4 Å². The van der Waals surface area contributed by atoms with E-state index in [1.54, 1.807) is 7.11 Å². The van der Waals surface area contributed by atoms with Gasteiger partial charge < -0.3 is 4.74 Å². The van der Waals surface area contributed by atoms with Crippen LogP contribution in [0.2, 0.25) is 0 Å². The maximum Gasteiger partial charge on any atom is 0.146 e. The molecule has 0 aliphatic heterocycles. The number of imidazole rings is 1. The van der Waals surface area contributed by atoms with Crippen molar-refractivity contribution < 1.29 is 4.74 Å². The molecule has 0 radical (unpaired) electrons. The summed E-state index contributed by atoms with van der Waals surface area (Å²) in [6.45, 7) is 0. The van der Waals surface area contributed by atoms with Crippen LogP contribution in [-0.2, 0) is 6.42 Å². The molecule has 3 aromatic rings. The lowest BCUT2D eigenvalue weighted by molar-refractivity contribution is 0.419. The molecule has 0 saturated heterocycles. The largest absolute Gasteiger partial charge is 0.494 e. The van der Waals surface area contributed by atoms with Crippen LogP contribution in [0.1, 0.15) is 5.82 Å². The lowest BCUT2D eigenvalue weighted by atomic mass is 10.2. The third-order valence-corrected chi connectivity index (χ3v) is 4.18. The van der Waals surface area contributed by atoms with Crippen molar-refractivity contribution in [3.8, 4) is 11.4 Å². The molecule has 108 valence electrons. The number of aryl methyl sites for hydroxylation is 1. The standard InChI is InChI=1S/C16H14ClIN2O/c1-21-14-7-3-6-13-16(14)19-15(8-9-17)20(13)12-5-2-4-11(18)10-12/h2-7,10H,8-9H2,1H3. The van der Waals surface area contributed by atoms with Crippen molar-refractivity contribution in [2.75, 3.05) is 13.0 Å². The van der Waals surface area contributed by atoms with Crippen LogP contribution in [0.5, 0.6) is 5.75 Å². The summed E-state index contributed by atoms with van der Waals surface area (Å²) in [5, 5.41) is 0. The van der Waals surface area contributed by atoms with Gasteiger partial charge in [0.1, 0.15) is 17.1 Å². The molecule has 0 fully saturated rings. The second-order valence-corrected chi connectivity index (χ2v) is 6.23. The zero-order valence-corrected chi connectivity index (χ0v) is 14.4. The number of nitrogens with zero attached hydrogens (tertiary/aromatic N) is 2. The second kappa shape index (κ2) is 6.23. The molecule has 21 heavy (non-hydrogen) atoms. The van der Waals surface area contributed by atoms with E-state index in [-0.39, 0.29) is 0 Å². The van der Waals surface area contributed by atoms with E-state index in [4.69, 9.17) is 21.3 Å². The summed E-state index contributed by atoms with van der Waals surface area (Å²) < 4.78 is 8.77. The van der Waals surface area contributed by atoms with E-state index in [1.807, 2.05) is 18.2 Å². The van der Waals surface area contributed by atoms with Gasteiger partial charge in [-0.15, -0.1) is 11.6 Å². The summed E-state index contributed by atoms with van der Waals surface area (Å²) in [7, 11) is 1.67. The fraction of sp³-hybridized carbons (Fsp3) is 0.188. The number of hydrogen-bond donors (Lipinski definition) is 0. The molecule has 1 heterocycles. The number of alkyl halides is 1. The monoisotopic (exact) mass is 412 g/mol. The molecular weight excluding hydrogens is 399 g/mol. The van der Waals surface area contributed by atoms with E-state index in [1.165, 1.54) is 3.57 Å². The minimum atomic E-state index is 0.537. The molecule has 2 aromatic carbocycles. The molecule has 3 rings (SSSR count). The summed E-state index contributed by atoms with van der Waals surface area (Å²) in [5.74, 6) is 2.27. The van der Waals surface area contributed by atoms with Gasteiger partial charge >= 0.3 is 0 Å². The molecule has 0 aliphatic rings. The van der Waals surface area contributed by atoms with Crippen molar-refractivity contribution in [1.82, 2.24) is 9.55 Å². The summed E-state index contributed by atoms with van der Waals surface area (Å²) in [6.07, 6.45) is 0.713. The Morgan fingerprint density at radius 2 is 2.05 bits per heavy atom.